The Morgan fingerprint density at radius 2 is 1.88 bits per heavy atom. The molecule has 132 valence electrons. The normalized spacial score (nSPS) is 17.2. The third-order valence-corrected chi connectivity index (χ3v) is 4.32. The molecule has 6 heteroatoms. The van der Waals surface area contributed by atoms with Crippen LogP contribution in [-0.2, 0) is 9.59 Å². The Hall–Kier alpha value is -1.92. The Balaban J connectivity index is 1.69. The fraction of sp³-hybridized carbons (Fsp3) is 0.556. The molecule has 2 amide bonds. The van der Waals surface area contributed by atoms with Crippen LogP contribution in [0.4, 0.5) is 5.69 Å². The fourth-order valence-electron chi connectivity index (χ4n) is 2.90. The lowest BCUT2D eigenvalue weighted by Gasteiger charge is -2.32. The minimum Gasteiger partial charge on any atom is -0.353 e. The van der Waals surface area contributed by atoms with E-state index in [4.69, 9.17) is 0 Å². The highest BCUT2D eigenvalue weighted by Crippen LogP contribution is 2.12. The van der Waals surface area contributed by atoms with Crippen LogP contribution in [0.25, 0.3) is 0 Å². The molecule has 1 saturated heterocycles. The third-order valence-electron chi connectivity index (χ3n) is 4.32. The molecule has 0 bridgehead atoms. The molecule has 0 radical (unpaired) electrons. The highest BCUT2D eigenvalue weighted by Gasteiger charge is 2.23. The summed E-state index contributed by atoms with van der Waals surface area (Å²) in [6.07, 6.45) is 1.77. The summed E-state index contributed by atoms with van der Waals surface area (Å²) in [4.78, 5) is 26.2. The van der Waals surface area contributed by atoms with Crippen LogP contribution in [0, 0.1) is 5.92 Å². The zero-order chi connectivity index (χ0) is 17.4. The summed E-state index contributed by atoms with van der Waals surface area (Å²) < 4.78 is 0. The Labute approximate surface area is 144 Å². The molecule has 24 heavy (non-hydrogen) atoms. The lowest BCUT2D eigenvalue weighted by atomic mass is 10.0. The van der Waals surface area contributed by atoms with Crippen molar-refractivity contribution in [1.29, 1.82) is 0 Å². The summed E-state index contributed by atoms with van der Waals surface area (Å²) in [5.41, 5.74) is 0.822. The average Bonchev–Trinajstić information content (AvgIpc) is 2.57. The predicted molar refractivity (Wildman–Crippen MR) is 95.8 cm³/mol. The van der Waals surface area contributed by atoms with E-state index in [1.165, 1.54) is 0 Å². The quantitative estimate of drug-likeness (QED) is 0.698. The van der Waals surface area contributed by atoms with Gasteiger partial charge in [0.25, 0.3) is 0 Å². The average molecular weight is 332 g/mol. The van der Waals surface area contributed by atoms with Gasteiger partial charge in [-0.3, -0.25) is 14.5 Å². The molecule has 6 nitrogen and oxygen atoms in total. The summed E-state index contributed by atoms with van der Waals surface area (Å²) >= 11 is 0. The van der Waals surface area contributed by atoms with Gasteiger partial charge in [0.1, 0.15) is 0 Å². The summed E-state index contributed by atoms with van der Waals surface area (Å²) in [5, 5.41) is 9.04. The number of nitrogens with one attached hydrogen (secondary N) is 3. The molecule has 0 spiro atoms. The van der Waals surface area contributed by atoms with Gasteiger partial charge in [0.05, 0.1) is 6.54 Å². The Bertz CT molecular complexity index is 527. The molecule has 0 aliphatic carbocycles. The van der Waals surface area contributed by atoms with Crippen LogP contribution < -0.4 is 16.0 Å². The highest BCUT2D eigenvalue weighted by molar-refractivity contribution is 5.92. The number of benzene rings is 1. The summed E-state index contributed by atoms with van der Waals surface area (Å²) in [6.45, 7) is 4.66. The number of rotatable bonds is 7. The molecular weight excluding hydrogens is 304 g/mol. The number of para-hydroxylation sites is 1. The number of carbonyl (C=O) groups excluding carboxylic acids is 2. The Morgan fingerprint density at radius 3 is 2.50 bits per heavy atom. The fourth-order valence-corrected chi connectivity index (χ4v) is 2.90. The molecule has 1 aromatic carbocycles. The number of anilines is 1. The number of carbonyl (C=O) groups is 2. The Morgan fingerprint density at radius 1 is 1.21 bits per heavy atom. The zero-order valence-electron chi connectivity index (χ0n) is 14.5. The van der Waals surface area contributed by atoms with E-state index in [0.717, 1.165) is 31.6 Å². The lowest BCUT2D eigenvalue weighted by Crippen LogP contribution is -2.48. The molecule has 1 aliphatic heterocycles. The van der Waals surface area contributed by atoms with Crippen LogP contribution in [-0.4, -0.2) is 56.0 Å². The molecule has 2 rings (SSSR count). The highest BCUT2D eigenvalue weighted by atomic mass is 16.2. The van der Waals surface area contributed by atoms with Gasteiger partial charge in [0.15, 0.2) is 0 Å². The van der Waals surface area contributed by atoms with E-state index in [9.17, 15) is 9.59 Å². The van der Waals surface area contributed by atoms with Crippen LogP contribution in [0.1, 0.15) is 19.8 Å². The van der Waals surface area contributed by atoms with Crippen LogP contribution >= 0.6 is 0 Å². The number of amides is 2. The van der Waals surface area contributed by atoms with Crippen molar-refractivity contribution in [3.05, 3.63) is 30.3 Å². The van der Waals surface area contributed by atoms with Crippen molar-refractivity contribution >= 4 is 17.5 Å². The maximum atomic E-state index is 12.1. The second kappa shape index (κ2) is 9.39. The monoisotopic (exact) mass is 332 g/mol. The molecule has 1 atom stereocenters. The SMILES string of the molecule is CNCC(C)C(=O)NC1CCN(CC(=O)Nc2ccccc2)CC1. The van der Waals surface area contributed by atoms with E-state index in [0.29, 0.717) is 13.1 Å². The lowest BCUT2D eigenvalue weighted by molar-refractivity contribution is -0.125. The van der Waals surface area contributed by atoms with Crippen molar-refractivity contribution in [2.24, 2.45) is 5.92 Å². The van der Waals surface area contributed by atoms with Gasteiger partial charge in [-0.1, -0.05) is 25.1 Å². The van der Waals surface area contributed by atoms with E-state index in [-0.39, 0.29) is 23.8 Å². The molecule has 1 heterocycles. The molecular formula is C18H28N4O2. The molecule has 1 unspecified atom stereocenters. The first-order valence-electron chi connectivity index (χ1n) is 8.60. The molecule has 3 N–H and O–H groups in total. The second-order valence-electron chi connectivity index (χ2n) is 6.43. The number of nitrogens with zero attached hydrogens (tertiary/aromatic N) is 1. The Kier molecular flexibility index (Phi) is 7.21. The summed E-state index contributed by atoms with van der Waals surface area (Å²) in [7, 11) is 1.85. The van der Waals surface area contributed by atoms with Gasteiger partial charge in [-0.25, -0.2) is 0 Å². The first-order chi connectivity index (χ1) is 11.6. The van der Waals surface area contributed by atoms with Gasteiger partial charge in [0.2, 0.25) is 11.8 Å². The summed E-state index contributed by atoms with van der Waals surface area (Å²) in [5.74, 6) is 0.0839. The van der Waals surface area contributed by atoms with Gasteiger partial charge in [-0.05, 0) is 32.0 Å². The largest absolute Gasteiger partial charge is 0.353 e. The molecule has 0 saturated carbocycles. The topological polar surface area (TPSA) is 73.5 Å². The van der Waals surface area contributed by atoms with E-state index >= 15 is 0 Å². The van der Waals surface area contributed by atoms with Crippen molar-refractivity contribution in [1.82, 2.24) is 15.5 Å². The van der Waals surface area contributed by atoms with Crippen LogP contribution in [0.5, 0.6) is 0 Å². The van der Waals surface area contributed by atoms with E-state index in [1.807, 2.05) is 44.3 Å². The first kappa shape index (κ1) is 18.4. The number of piperidine rings is 1. The minimum atomic E-state index is -0.0234. The maximum Gasteiger partial charge on any atom is 0.238 e. The zero-order valence-corrected chi connectivity index (χ0v) is 14.5. The number of hydrogen-bond acceptors (Lipinski definition) is 4. The van der Waals surface area contributed by atoms with Crippen LogP contribution in [0.2, 0.25) is 0 Å². The van der Waals surface area contributed by atoms with Crippen LogP contribution in [0.15, 0.2) is 30.3 Å². The van der Waals surface area contributed by atoms with E-state index in [1.54, 1.807) is 0 Å². The first-order valence-corrected chi connectivity index (χ1v) is 8.60. The smallest absolute Gasteiger partial charge is 0.238 e. The van der Waals surface area contributed by atoms with Crippen molar-refractivity contribution in [3.63, 3.8) is 0 Å². The molecule has 1 fully saturated rings. The molecule has 1 aromatic rings. The van der Waals surface area contributed by atoms with Crippen molar-refractivity contribution in [2.75, 3.05) is 38.5 Å². The summed E-state index contributed by atoms with van der Waals surface area (Å²) in [6, 6.07) is 9.70. The van der Waals surface area contributed by atoms with E-state index < -0.39 is 0 Å². The second-order valence-corrected chi connectivity index (χ2v) is 6.43. The van der Waals surface area contributed by atoms with Crippen LogP contribution in [0.3, 0.4) is 0 Å². The molecule has 0 aromatic heterocycles. The van der Waals surface area contributed by atoms with Gasteiger partial charge in [-0.2, -0.15) is 0 Å². The standard InChI is InChI=1S/C18H28N4O2/c1-14(12-19-2)18(24)21-16-8-10-22(11-9-16)13-17(23)20-15-6-4-3-5-7-15/h3-7,14,16,19H,8-13H2,1-2H3,(H,20,23)(H,21,24). The van der Waals surface area contributed by atoms with Crippen molar-refractivity contribution in [2.45, 2.75) is 25.8 Å². The number of likely N-dealkylation sites (tertiary alicyclic amines) is 1. The maximum absolute atomic E-state index is 12.1. The van der Waals surface area contributed by atoms with Crippen molar-refractivity contribution in [3.8, 4) is 0 Å². The predicted octanol–water partition coefficient (Wildman–Crippen LogP) is 1.06. The van der Waals surface area contributed by atoms with E-state index in [2.05, 4.69) is 20.9 Å². The van der Waals surface area contributed by atoms with Gasteiger partial charge >= 0.3 is 0 Å². The number of hydrogen-bond donors (Lipinski definition) is 3. The van der Waals surface area contributed by atoms with Gasteiger partial charge < -0.3 is 16.0 Å². The minimum absolute atomic E-state index is 0.00586. The van der Waals surface area contributed by atoms with Crippen molar-refractivity contribution < 1.29 is 9.59 Å². The van der Waals surface area contributed by atoms with Gasteiger partial charge in [-0.15, -0.1) is 0 Å². The third kappa shape index (κ3) is 5.94. The van der Waals surface area contributed by atoms with Gasteiger partial charge in [0, 0.05) is 37.3 Å². The molecule has 1 aliphatic rings.